The molecule has 0 unspecified atom stereocenters. The van der Waals surface area contributed by atoms with Crippen molar-refractivity contribution >= 4 is 52.1 Å². The minimum Gasteiger partial charge on any atom is -0.387 e. The number of amides is 1. The Balaban J connectivity index is 1.79. The van der Waals surface area contributed by atoms with Gasteiger partial charge in [0.1, 0.15) is 0 Å². The molecule has 0 spiro atoms. The lowest BCUT2D eigenvalue weighted by Gasteiger charge is -2.49. The van der Waals surface area contributed by atoms with Crippen LogP contribution < -0.4 is 4.90 Å². The summed E-state index contributed by atoms with van der Waals surface area (Å²) in [6, 6.07) is 23.4. The zero-order valence-electron chi connectivity index (χ0n) is 18.2. The lowest BCUT2D eigenvalue weighted by molar-refractivity contribution is -0.129. The summed E-state index contributed by atoms with van der Waals surface area (Å²) in [5, 5.41) is 12.9. The van der Waals surface area contributed by atoms with Gasteiger partial charge in [-0.25, -0.2) is 0 Å². The Morgan fingerprint density at radius 1 is 0.879 bits per heavy atom. The molecule has 0 radical (unpaired) electrons. The van der Waals surface area contributed by atoms with E-state index in [0.717, 1.165) is 5.56 Å². The summed E-state index contributed by atoms with van der Waals surface area (Å²) in [5.74, 6) is -1.01. The van der Waals surface area contributed by atoms with Gasteiger partial charge in [-0.1, -0.05) is 65.7 Å². The molecule has 1 saturated heterocycles. The van der Waals surface area contributed by atoms with E-state index >= 15 is 0 Å². The standard InChI is InChI=1S/C26H24Cl2N2O2S/c1-16(18-6-4-3-5-7-18)29-17(2)23(24(31)19-8-10-20(27)11-9-19)25(32)30(26(29)33)22-14-12-21(28)13-15-22/h3-17,23-24,31H,1-2H3/t16-,17-,23+,24+/m0/s1. The third kappa shape index (κ3) is 4.64. The first-order valence-electron chi connectivity index (χ1n) is 10.7. The molecule has 4 atom stereocenters. The first-order chi connectivity index (χ1) is 15.8. The zero-order valence-corrected chi connectivity index (χ0v) is 20.6. The second-order valence-corrected chi connectivity index (χ2v) is 9.43. The molecule has 1 fully saturated rings. The third-order valence-corrected chi connectivity index (χ3v) is 7.11. The Labute approximate surface area is 209 Å². The Morgan fingerprint density at radius 3 is 2.00 bits per heavy atom. The van der Waals surface area contributed by atoms with E-state index in [1.165, 1.54) is 4.90 Å². The van der Waals surface area contributed by atoms with Crippen LogP contribution >= 0.6 is 35.4 Å². The van der Waals surface area contributed by atoms with Gasteiger partial charge in [0.25, 0.3) is 0 Å². The highest BCUT2D eigenvalue weighted by atomic mass is 35.5. The van der Waals surface area contributed by atoms with Crippen LogP contribution in [0.2, 0.25) is 10.0 Å². The fraction of sp³-hybridized carbons (Fsp3) is 0.231. The minimum atomic E-state index is -1.03. The van der Waals surface area contributed by atoms with Gasteiger partial charge in [-0.2, -0.15) is 0 Å². The van der Waals surface area contributed by atoms with E-state index in [1.54, 1.807) is 48.5 Å². The van der Waals surface area contributed by atoms with E-state index in [0.29, 0.717) is 26.4 Å². The van der Waals surface area contributed by atoms with Crippen LogP contribution in [-0.2, 0) is 4.79 Å². The molecule has 3 aromatic carbocycles. The van der Waals surface area contributed by atoms with E-state index in [4.69, 9.17) is 35.4 Å². The van der Waals surface area contributed by atoms with Crippen molar-refractivity contribution in [3.05, 3.63) is 100 Å². The van der Waals surface area contributed by atoms with Gasteiger partial charge < -0.3 is 10.0 Å². The van der Waals surface area contributed by atoms with E-state index < -0.39 is 12.0 Å². The van der Waals surface area contributed by atoms with Crippen LogP contribution in [-0.4, -0.2) is 27.1 Å². The van der Waals surface area contributed by atoms with Gasteiger partial charge >= 0.3 is 0 Å². The first kappa shape index (κ1) is 23.7. The second kappa shape index (κ2) is 9.82. The molecule has 1 aliphatic rings. The molecule has 4 rings (SSSR count). The lowest BCUT2D eigenvalue weighted by Crippen LogP contribution is -2.62. The number of anilines is 1. The quantitative estimate of drug-likeness (QED) is 0.411. The summed E-state index contributed by atoms with van der Waals surface area (Å²) in [6.07, 6.45) is -1.03. The summed E-state index contributed by atoms with van der Waals surface area (Å²) in [7, 11) is 0. The summed E-state index contributed by atoms with van der Waals surface area (Å²) < 4.78 is 0. The number of carbonyl (C=O) groups excluding carboxylic acids is 1. The Bertz CT molecular complexity index is 1140. The van der Waals surface area contributed by atoms with E-state index in [2.05, 4.69) is 6.92 Å². The number of hydrogen-bond donors (Lipinski definition) is 1. The zero-order chi connectivity index (χ0) is 23.7. The maximum atomic E-state index is 13.8. The molecule has 1 amide bonds. The fourth-order valence-corrected chi connectivity index (χ4v) is 5.19. The molecule has 0 bridgehead atoms. The number of halogens is 2. The maximum absolute atomic E-state index is 13.8. The molecule has 7 heteroatoms. The topological polar surface area (TPSA) is 43.8 Å². The van der Waals surface area contributed by atoms with Crippen molar-refractivity contribution in [1.29, 1.82) is 0 Å². The molecule has 33 heavy (non-hydrogen) atoms. The normalized spacial score (nSPS) is 20.6. The van der Waals surface area contributed by atoms with Crippen LogP contribution in [0.15, 0.2) is 78.9 Å². The second-order valence-electron chi connectivity index (χ2n) is 8.19. The van der Waals surface area contributed by atoms with Crippen molar-refractivity contribution in [2.24, 2.45) is 5.92 Å². The molecular formula is C26H24Cl2N2O2S. The summed E-state index contributed by atoms with van der Waals surface area (Å²) in [4.78, 5) is 17.4. The predicted octanol–water partition coefficient (Wildman–Crippen LogP) is 6.43. The molecule has 0 saturated carbocycles. The molecule has 0 aromatic heterocycles. The van der Waals surface area contributed by atoms with E-state index in [9.17, 15) is 9.90 Å². The number of aliphatic hydroxyl groups is 1. The van der Waals surface area contributed by atoms with Gasteiger partial charge in [0.05, 0.1) is 23.8 Å². The molecule has 170 valence electrons. The van der Waals surface area contributed by atoms with Gasteiger partial charge in [0.2, 0.25) is 5.91 Å². The lowest BCUT2D eigenvalue weighted by atomic mass is 9.85. The van der Waals surface area contributed by atoms with Crippen LogP contribution in [0.25, 0.3) is 0 Å². The van der Waals surface area contributed by atoms with Crippen LogP contribution in [0.4, 0.5) is 5.69 Å². The molecule has 1 aliphatic heterocycles. The van der Waals surface area contributed by atoms with Gasteiger partial charge in [0.15, 0.2) is 5.11 Å². The molecular weight excluding hydrogens is 475 g/mol. The first-order valence-corrected chi connectivity index (χ1v) is 11.9. The van der Waals surface area contributed by atoms with Gasteiger partial charge in [-0.15, -0.1) is 0 Å². The highest BCUT2D eigenvalue weighted by Gasteiger charge is 2.47. The van der Waals surface area contributed by atoms with Crippen molar-refractivity contribution in [3.63, 3.8) is 0 Å². The molecule has 0 aliphatic carbocycles. The fourth-order valence-electron chi connectivity index (χ4n) is 4.42. The largest absolute Gasteiger partial charge is 0.387 e. The number of rotatable bonds is 5. The Kier molecular flexibility index (Phi) is 7.05. The van der Waals surface area contributed by atoms with Crippen molar-refractivity contribution in [2.75, 3.05) is 4.90 Å². The average molecular weight is 499 g/mol. The van der Waals surface area contributed by atoms with Crippen LogP contribution in [0.1, 0.15) is 37.1 Å². The van der Waals surface area contributed by atoms with Gasteiger partial charge in [-0.3, -0.25) is 9.69 Å². The number of carbonyl (C=O) groups is 1. The average Bonchev–Trinajstić information content (AvgIpc) is 2.81. The van der Waals surface area contributed by atoms with E-state index in [1.807, 2.05) is 42.2 Å². The van der Waals surface area contributed by atoms with Crippen molar-refractivity contribution in [3.8, 4) is 0 Å². The minimum absolute atomic E-state index is 0.114. The number of hydrogen-bond acceptors (Lipinski definition) is 3. The Hall–Kier alpha value is -2.44. The van der Waals surface area contributed by atoms with Gasteiger partial charge in [0, 0.05) is 16.1 Å². The van der Waals surface area contributed by atoms with Crippen LogP contribution in [0.5, 0.6) is 0 Å². The number of benzene rings is 3. The highest BCUT2D eigenvalue weighted by Crippen LogP contribution is 2.39. The van der Waals surface area contributed by atoms with Crippen LogP contribution in [0.3, 0.4) is 0 Å². The summed E-state index contributed by atoms with van der Waals surface area (Å²) in [6.45, 7) is 3.99. The van der Waals surface area contributed by atoms with Crippen LogP contribution in [0, 0.1) is 5.92 Å². The Morgan fingerprint density at radius 2 is 1.42 bits per heavy atom. The molecule has 3 aromatic rings. The summed E-state index contributed by atoms with van der Waals surface area (Å²) in [5.41, 5.74) is 2.30. The van der Waals surface area contributed by atoms with Crippen molar-refractivity contribution < 1.29 is 9.90 Å². The third-order valence-electron chi connectivity index (χ3n) is 6.21. The monoisotopic (exact) mass is 498 g/mol. The molecule has 4 nitrogen and oxygen atoms in total. The smallest absolute Gasteiger partial charge is 0.241 e. The molecule has 1 N–H and O–H groups in total. The number of thiocarbonyl (C=S) groups is 1. The van der Waals surface area contributed by atoms with E-state index in [-0.39, 0.29) is 18.0 Å². The SMILES string of the molecule is C[C@@H](c1ccccc1)N1C(=S)N(c2ccc(Cl)cc2)C(=O)[C@@H]([C@H](O)c2ccc(Cl)cc2)[C@@H]1C. The summed E-state index contributed by atoms with van der Waals surface area (Å²) >= 11 is 18.0. The van der Waals surface area contributed by atoms with Crippen molar-refractivity contribution in [2.45, 2.75) is 32.0 Å². The number of nitrogens with zero attached hydrogens (tertiary/aromatic N) is 2. The molecule has 1 heterocycles. The number of aliphatic hydroxyl groups excluding tert-OH is 1. The maximum Gasteiger partial charge on any atom is 0.241 e. The van der Waals surface area contributed by atoms with Crippen molar-refractivity contribution in [1.82, 2.24) is 4.90 Å². The van der Waals surface area contributed by atoms with Gasteiger partial charge in [-0.05, 0) is 73.6 Å². The predicted molar refractivity (Wildman–Crippen MR) is 138 cm³/mol. The highest BCUT2D eigenvalue weighted by molar-refractivity contribution is 7.80.